The lowest BCUT2D eigenvalue weighted by molar-refractivity contribution is -0.926. The molecule has 2 aromatic rings. The van der Waals surface area contributed by atoms with Crippen LogP contribution in [-0.4, -0.2) is 42.8 Å². The summed E-state index contributed by atoms with van der Waals surface area (Å²) in [5, 5.41) is 12.4. The molecule has 2 bridgehead atoms. The average molecular weight is 348 g/mol. The van der Waals surface area contributed by atoms with Crippen LogP contribution in [0.25, 0.3) is 11.1 Å². The van der Waals surface area contributed by atoms with Crippen molar-refractivity contribution in [2.45, 2.75) is 31.0 Å². The lowest BCUT2D eigenvalue weighted by atomic mass is 9.97. The molecule has 1 saturated heterocycles. The fraction of sp³-hybridized carbons (Fsp3) is 0.318. The van der Waals surface area contributed by atoms with Crippen LogP contribution in [0.1, 0.15) is 12.8 Å². The molecule has 0 aromatic heterocycles. The van der Waals surface area contributed by atoms with Crippen molar-refractivity contribution in [2.75, 3.05) is 14.1 Å². The summed E-state index contributed by atoms with van der Waals surface area (Å²) >= 11 is 0. The van der Waals surface area contributed by atoms with E-state index in [1.54, 1.807) is 0 Å². The molecule has 0 amide bonds. The predicted molar refractivity (Wildman–Crippen MR) is 102 cm³/mol. The quantitative estimate of drug-likeness (QED) is 0.370. The summed E-state index contributed by atoms with van der Waals surface area (Å²) in [6, 6.07) is 18.5. The lowest BCUT2D eigenvalue weighted by Gasteiger charge is -2.46. The Morgan fingerprint density at radius 2 is 1.58 bits per heavy atom. The number of para-hydroxylation sites is 1. The van der Waals surface area contributed by atoms with Crippen LogP contribution in [0.3, 0.4) is 0 Å². The number of fused-ring (bicyclic) bond motifs is 2. The van der Waals surface area contributed by atoms with Crippen LogP contribution in [0, 0.1) is 0 Å². The van der Waals surface area contributed by atoms with Gasteiger partial charge in [0.15, 0.2) is 6.08 Å². The summed E-state index contributed by atoms with van der Waals surface area (Å²) in [7, 11) is 4.49. The van der Waals surface area contributed by atoms with Gasteiger partial charge in [0.25, 0.3) is 0 Å². The smallest absolute Gasteiger partial charge is 0.151 e. The first kappa shape index (κ1) is 16.9. The zero-order valence-electron chi connectivity index (χ0n) is 15.2. The van der Waals surface area contributed by atoms with Gasteiger partial charge in [-0.3, -0.25) is 0 Å². The van der Waals surface area contributed by atoms with Crippen LogP contribution in [0.5, 0.6) is 0 Å². The number of ether oxygens (including phenoxy) is 1. The maximum Gasteiger partial charge on any atom is 0.151 e. The fourth-order valence-corrected chi connectivity index (χ4v) is 4.08. The van der Waals surface area contributed by atoms with Gasteiger partial charge in [0.2, 0.25) is 0 Å². The van der Waals surface area contributed by atoms with Gasteiger partial charge in [-0.25, -0.2) is 4.99 Å². The third-order valence-corrected chi connectivity index (χ3v) is 5.74. The lowest BCUT2D eigenvalue weighted by Crippen LogP contribution is -2.57. The van der Waals surface area contributed by atoms with Crippen molar-refractivity contribution < 1.29 is 14.3 Å². The van der Waals surface area contributed by atoms with Crippen molar-refractivity contribution in [3.8, 4) is 11.1 Å². The van der Waals surface area contributed by atoms with E-state index in [4.69, 9.17) is 4.74 Å². The molecule has 2 heterocycles. The topological polar surface area (TPSA) is 44.6 Å². The minimum absolute atomic E-state index is 0.0636. The molecule has 134 valence electrons. The van der Waals surface area contributed by atoms with Gasteiger partial charge < -0.3 is 14.3 Å². The van der Waals surface area contributed by atoms with E-state index < -0.39 is 6.08 Å². The van der Waals surface area contributed by atoms with Crippen LogP contribution < -0.4 is 5.11 Å². The Hall–Kier alpha value is -2.59. The number of quaternary nitrogens is 1. The summed E-state index contributed by atoms with van der Waals surface area (Å²) in [6.07, 6.45) is 5.69. The first-order valence-electron chi connectivity index (χ1n) is 9.12. The number of likely N-dealkylation sites (N-methyl/N-ethyl adjacent to an activating group) is 1. The molecule has 2 atom stereocenters. The first-order valence-corrected chi connectivity index (χ1v) is 9.12. The Morgan fingerprint density at radius 1 is 0.962 bits per heavy atom. The largest absolute Gasteiger partial charge is 0.596 e. The number of benzene rings is 2. The van der Waals surface area contributed by atoms with E-state index in [0.717, 1.165) is 28.5 Å². The standard InChI is InChI=1S/C22H24N2O2/c1-24(2)17-12-13-18(24)15-19(14-17)26-22(25)23-21-11-7-6-10-20(21)16-8-4-3-5-9-16/h3-13,17-19H,14-15H2,1-2H3. The molecule has 1 fully saturated rings. The van der Waals surface area contributed by atoms with E-state index in [1.807, 2.05) is 54.6 Å². The van der Waals surface area contributed by atoms with Crippen molar-refractivity contribution in [3.05, 3.63) is 66.7 Å². The average Bonchev–Trinajstić information content (AvgIpc) is 2.80. The molecular formula is C22H24N2O2. The van der Waals surface area contributed by atoms with Crippen molar-refractivity contribution in [2.24, 2.45) is 4.99 Å². The van der Waals surface area contributed by atoms with E-state index in [0.29, 0.717) is 17.8 Å². The number of nitrogens with zero attached hydrogens (tertiary/aromatic N) is 2. The van der Waals surface area contributed by atoms with Gasteiger partial charge in [-0.2, -0.15) is 0 Å². The molecule has 4 heteroatoms. The van der Waals surface area contributed by atoms with Gasteiger partial charge in [0, 0.05) is 24.5 Å². The number of hydrogen-bond acceptors (Lipinski definition) is 3. The van der Waals surface area contributed by atoms with E-state index in [1.165, 1.54) is 0 Å². The molecule has 2 aliphatic heterocycles. The van der Waals surface area contributed by atoms with Gasteiger partial charge in [-0.1, -0.05) is 48.5 Å². The van der Waals surface area contributed by atoms with Gasteiger partial charge in [0.1, 0.15) is 12.1 Å². The number of rotatable bonds is 3. The molecule has 2 unspecified atom stereocenters. The Kier molecular flexibility index (Phi) is 4.29. The van der Waals surface area contributed by atoms with Crippen LogP contribution in [-0.2, 0) is 4.74 Å². The fourth-order valence-electron chi connectivity index (χ4n) is 4.08. The molecule has 0 radical (unpaired) electrons. The second-order valence-corrected chi connectivity index (χ2v) is 7.62. The zero-order valence-corrected chi connectivity index (χ0v) is 15.2. The normalized spacial score (nSPS) is 26.7. The van der Waals surface area contributed by atoms with Crippen molar-refractivity contribution in [1.82, 2.24) is 0 Å². The number of piperidine rings is 1. The highest BCUT2D eigenvalue weighted by Crippen LogP contribution is 2.36. The molecule has 2 aliphatic rings. The molecule has 0 spiro atoms. The highest BCUT2D eigenvalue weighted by atomic mass is 16.6. The van der Waals surface area contributed by atoms with E-state index >= 15 is 0 Å². The summed E-state index contributed by atoms with van der Waals surface area (Å²) in [6.45, 7) is 0. The monoisotopic (exact) mass is 348 g/mol. The number of hydrogen-bond donors (Lipinski definition) is 0. The first-order chi connectivity index (χ1) is 12.5. The SMILES string of the molecule is C[N+]1(C)C2C=CC1CC(OC([O-])=Nc1ccccc1-c1ccccc1)C2. The Morgan fingerprint density at radius 3 is 2.27 bits per heavy atom. The minimum Gasteiger partial charge on any atom is -0.596 e. The molecule has 4 nitrogen and oxygen atoms in total. The summed E-state index contributed by atoms with van der Waals surface area (Å²) < 4.78 is 6.67. The van der Waals surface area contributed by atoms with Crippen molar-refractivity contribution in [1.29, 1.82) is 0 Å². The van der Waals surface area contributed by atoms with Gasteiger partial charge in [0.05, 0.1) is 19.8 Å². The van der Waals surface area contributed by atoms with E-state index in [-0.39, 0.29) is 6.10 Å². The molecule has 26 heavy (non-hydrogen) atoms. The van der Waals surface area contributed by atoms with Gasteiger partial charge in [-0.15, -0.1) is 0 Å². The Bertz CT molecular complexity index is 824. The second-order valence-electron chi connectivity index (χ2n) is 7.62. The Labute approximate surface area is 154 Å². The maximum atomic E-state index is 12.4. The van der Waals surface area contributed by atoms with Gasteiger partial charge in [-0.05, 0) is 23.8 Å². The van der Waals surface area contributed by atoms with Crippen LogP contribution in [0.15, 0.2) is 71.7 Å². The van der Waals surface area contributed by atoms with Gasteiger partial charge >= 0.3 is 0 Å². The highest BCUT2D eigenvalue weighted by molar-refractivity contribution is 5.79. The van der Waals surface area contributed by atoms with E-state index in [9.17, 15) is 5.11 Å². The maximum absolute atomic E-state index is 12.4. The zero-order chi connectivity index (χ0) is 18.1. The predicted octanol–water partition coefficient (Wildman–Crippen LogP) is 3.26. The van der Waals surface area contributed by atoms with Crippen LogP contribution >= 0.6 is 0 Å². The molecule has 2 aromatic carbocycles. The molecule has 4 rings (SSSR count). The summed E-state index contributed by atoms with van der Waals surface area (Å²) in [5.41, 5.74) is 2.63. The second kappa shape index (κ2) is 6.61. The van der Waals surface area contributed by atoms with Crippen molar-refractivity contribution >= 4 is 11.8 Å². The number of aliphatic imine (C=N–C) groups is 1. The highest BCUT2D eigenvalue weighted by Gasteiger charge is 2.44. The molecule has 0 saturated carbocycles. The van der Waals surface area contributed by atoms with Crippen molar-refractivity contribution in [3.63, 3.8) is 0 Å². The summed E-state index contributed by atoms with van der Waals surface area (Å²) in [4.78, 5) is 4.25. The Balaban J connectivity index is 1.52. The molecular weight excluding hydrogens is 324 g/mol. The van der Waals surface area contributed by atoms with E-state index in [2.05, 4.69) is 31.2 Å². The molecule has 0 N–H and O–H groups in total. The third-order valence-electron chi connectivity index (χ3n) is 5.74. The van der Waals surface area contributed by atoms with Crippen LogP contribution in [0.2, 0.25) is 0 Å². The van der Waals surface area contributed by atoms with Crippen LogP contribution in [0.4, 0.5) is 5.69 Å². The minimum atomic E-state index is -0.495. The third kappa shape index (κ3) is 3.13. The molecule has 0 aliphatic carbocycles. The summed E-state index contributed by atoms with van der Waals surface area (Å²) in [5.74, 6) is 0.